The molecule has 0 unspecified atom stereocenters. The van der Waals surface area contributed by atoms with Gasteiger partial charge in [-0.3, -0.25) is 4.90 Å². The quantitative estimate of drug-likeness (QED) is 0.420. The molecule has 10 heteroatoms. The Morgan fingerprint density at radius 1 is 1.14 bits per heavy atom. The first kappa shape index (κ1) is 26.9. The van der Waals surface area contributed by atoms with Crippen molar-refractivity contribution in [2.24, 2.45) is 0 Å². The van der Waals surface area contributed by atoms with Crippen LogP contribution in [0.4, 0.5) is 13.2 Å². The molecule has 0 radical (unpaired) electrons. The number of sulfone groups is 1. The summed E-state index contributed by atoms with van der Waals surface area (Å²) in [6.45, 7) is 3.44. The molecule has 2 aromatic carbocycles. The monoisotopic (exact) mass is 509 g/mol. The number of aliphatic hydroxyl groups is 1. The second kappa shape index (κ2) is 10.9. The number of hydrogen-bond donors (Lipinski definition) is 1. The third kappa shape index (κ3) is 7.16. The highest BCUT2D eigenvalue weighted by Gasteiger charge is 2.26. The lowest BCUT2D eigenvalue weighted by molar-refractivity contribution is -0.0201. The van der Waals surface area contributed by atoms with Crippen LogP contribution in [0, 0.1) is 12.7 Å². The Bertz CT molecular complexity index is 1270. The zero-order valence-electron chi connectivity index (χ0n) is 20.0. The van der Waals surface area contributed by atoms with Crippen molar-refractivity contribution in [3.63, 3.8) is 0 Å². The lowest BCUT2D eigenvalue weighted by Gasteiger charge is -2.23. The van der Waals surface area contributed by atoms with Gasteiger partial charge in [-0.25, -0.2) is 26.3 Å². The number of aryl methyl sites for hydroxylation is 1. The van der Waals surface area contributed by atoms with Crippen molar-refractivity contribution >= 4 is 9.84 Å². The van der Waals surface area contributed by atoms with E-state index in [9.17, 15) is 22.3 Å². The van der Waals surface area contributed by atoms with Gasteiger partial charge in [-0.05, 0) is 36.8 Å². The summed E-state index contributed by atoms with van der Waals surface area (Å²) >= 11 is 0. The number of hydrogen-bond acceptors (Lipinski definition) is 5. The number of aliphatic hydroxyl groups excluding tert-OH is 1. The minimum atomic E-state index is -3.59. The lowest BCUT2D eigenvalue weighted by atomic mass is 10.1. The van der Waals surface area contributed by atoms with Crippen LogP contribution < -0.4 is 0 Å². The predicted octanol–water partition coefficient (Wildman–Crippen LogP) is 4.15. The highest BCUT2D eigenvalue weighted by Crippen LogP contribution is 2.24. The van der Waals surface area contributed by atoms with Gasteiger partial charge in [0.2, 0.25) is 0 Å². The van der Waals surface area contributed by atoms with E-state index in [-0.39, 0.29) is 36.0 Å². The number of aromatic nitrogens is 2. The van der Waals surface area contributed by atoms with Crippen molar-refractivity contribution in [3.8, 4) is 5.69 Å². The molecule has 6 nitrogen and oxygen atoms in total. The molecule has 0 saturated heterocycles. The van der Waals surface area contributed by atoms with Crippen molar-refractivity contribution in [2.45, 2.75) is 44.6 Å². The van der Waals surface area contributed by atoms with Crippen molar-refractivity contribution in [3.05, 3.63) is 76.9 Å². The first-order chi connectivity index (χ1) is 16.4. The molecule has 0 amide bonds. The molecule has 0 fully saturated rings. The average molecular weight is 510 g/mol. The van der Waals surface area contributed by atoms with Gasteiger partial charge in [0.15, 0.2) is 9.84 Å². The number of halogens is 3. The first-order valence-corrected chi connectivity index (χ1v) is 12.9. The molecule has 1 aromatic heterocycles. The zero-order valence-corrected chi connectivity index (χ0v) is 20.8. The van der Waals surface area contributed by atoms with Gasteiger partial charge in [-0.2, -0.15) is 5.10 Å². The smallest absolute Gasteiger partial charge is 0.257 e. The van der Waals surface area contributed by atoms with Gasteiger partial charge >= 0.3 is 0 Å². The zero-order chi connectivity index (χ0) is 25.8. The Labute approximate surface area is 203 Å². The fourth-order valence-electron chi connectivity index (χ4n) is 3.91. The molecule has 0 saturated carbocycles. The number of alkyl halides is 2. The molecule has 0 aliphatic rings. The Kier molecular flexibility index (Phi) is 8.40. The van der Waals surface area contributed by atoms with E-state index in [0.29, 0.717) is 17.8 Å². The van der Waals surface area contributed by atoms with Crippen LogP contribution in [-0.4, -0.2) is 59.6 Å². The van der Waals surface area contributed by atoms with E-state index < -0.39 is 28.1 Å². The van der Waals surface area contributed by atoms with Crippen molar-refractivity contribution in [1.82, 2.24) is 14.7 Å². The minimum Gasteiger partial charge on any atom is -0.395 e. The summed E-state index contributed by atoms with van der Waals surface area (Å²) in [5.74, 6) is -3.87. The summed E-state index contributed by atoms with van der Waals surface area (Å²) in [6.07, 6.45) is 0.396. The number of benzene rings is 2. The summed E-state index contributed by atoms with van der Waals surface area (Å²) in [4.78, 5) is 1.27. The SMILES string of the molecule is CCS(=O)(=O)c1ccc(-n2nc(CN(CCO)CC(C)(F)F)cc2Cc2cccc(C)c2)c(F)c1. The molecule has 0 aliphatic heterocycles. The van der Waals surface area contributed by atoms with E-state index in [2.05, 4.69) is 5.10 Å². The van der Waals surface area contributed by atoms with Crippen LogP contribution in [-0.2, 0) is 22.8 Å². The van der Waals surface area contributed by atoms with Crippen LogP contribution in [0.15, 0.2) is 53.4 Å². The minimum absolute atomic E-state index is 0.0292. The third-order valence-electron chi connectivity index (χ3n) is 5.49. The summed E-state index contributed by atoms with van der Waals surface area (Å²) in [7, 11) is -3.59. The number of nitrogens with zero attached hydrogens (tertiary/aromatic N) is 3. The van der Waals surface area contributed by atoms with Crippen LogP contribution in [0.3, 0.4) is 0 Å². The van der Waals surface area contributed by atoms with Gasteiger partial charge in [0.05, 0.1) is 29.5 Å². The van der Waals surface area contributed by atoms with Gasteiger partial charge in [-0.1, -0.05) is 36.8 Å². The maximum absolute atomic E-state index is 15.1. The van der Waals surface area contributed by atoms with Crippen molar-refractivity contribution in [2.75, 3.05) is 25.4 Å². The first-order valence-electron chi connectivity index (χ1n) is 11.3. The standard InChI is InChI=1S/C25H30F3N3O3S/c1-4-35(33,34)22-8-9-24(23(26)15-22)31-21(13-19-7-5-6-18(2)12-19)14-20(29-31)16-30(10-11-32)17-25(3,27)28/h5-9,12,14-15,32H,4,10-11,13,16-17H2,1-3H3. The molecular weight excluding hydrogens is 479 g/mol. The molecule has 190 valence electrons. The predicted molar refractivity (Wildman–Crippen MR) is 128 cm³/mol. The summed E-state index contributed by atoms with van der Waals surface area (Å²) in [5.41, 5.74) is 3.10. The van der Waals surface area contributed by atoms with Gasteiger partial charge in [0.25, 0.3) is 5.92 Å². The van der Waals surface area contributed by atoms with Crippen molar-refractivity contribution in [1.29, 1.82) is 0 Å². The molecule has 0 spiro atoms. The van der Waals surface area contributed by atoms with Gasteiger partial charge in [0, 0.05) is 32.1 Å². The van der Waals surface area contributed by atoms with Gasteiger partial charge in [0.1, 0.15) is 11.5 Å². The number of rotatable bonds is 11. The lowest BCUT2D eigenvalue weighted by Crippen LogP contribution is -2.36. The van der Waals surface area contributed by atoms with E-state index in [1.165, 1.54) is 28.6 Å². The maximum Gasteiger partial charge on any atom is 0.257 e. The molecule has 0 atom stereocenters. The molecule has 3 rings (SSSR count). The van der Waals surface area contributed by atoms with Crippen LogP contribution in [0.5, 0.6) is 0 Å². The highest BCUT2D eigenvalue weighted by molar-refractivity contribution is 7.91. The second-order valence-corrected chi connectivity index (χ2v) is 11.0. The van der Waals surface area contributed by atoms with E-state index in [1.807, 2.05) is 31.2 Å². The molecular formula is C25H30F3N3O3S. The maximum atomic E-state index is 15.1. The van der Waals surface area contributed by atoms with Gasteiger partial charge in [-0.15, -0.1) is 0 Å². The highest BCUT2D eigenvalue weighted by atomic mass is 32.2. The Morgan fingerprint density at radius 3 is 2.49 bits per heavy atom. The Morgan fingerprint density at radius 2 is 1.89 bits per heavy atom. The van der Waals surface area contributed by atoms with Crippen LogP contribution in [0.25, 0.3) is 5.69 Å². The molecule has 0 aliphatic carbocycles. The van der Waals surface area contributed by atoms with E-state index in [0.717, 1.165) is 24.1 Å². The van der Waals surface area contributed by atoms with Gasteiger partial charge < -0.3 is 5.11 Å². The Hall–Kier alpha value is -2.69. The fraction of sp³-hybridized carbons (Fsp3) is 0.400. The second-order valence-electron chi connectivity index (χ2n) is 8.73. The van der Waals surface area contributed by atoms with Crippen molar-refractivity contribution < 1.29 is 26.7 Å². The normalized spacial score (nSPS) is 12.5. The Balaban J connectivity index is 2.04. The summed E-state index contributed by atoms with van der Waals surface area (Å²) in [5, 5.41) is 13.8. The molecule has 0 bridgehead atoms. The van der Waals surface area contributed by atoms with E-state index in [1.54, 1.807) is 6.07 Å². The van der Waals surface area contributed by atoms with Crippen LogP contribution in [0.1, 0.15) is 36.4 Å². The van der Waals surface area contributed by atoms with Crippen LogP contribution in [0.2, 0.25) is 0 Å². The average Bonchev–Trinajstić information content (AvgIpc) is 3.14. The fourth-order valence-corrected chi connectivity index (χ4v) is 4.81. The summed E-state index contributed by atoms with van der Waals surface area (Å²) < 4.78 is 68.1. The van der Waals surface area contributed by atoms with E-state index >= 15 is 4.39 Å². The van der Waals surface area contributed by atoms with Crippen LogP contribution >= 0.6 is 0 Å². The molecule has 1 N–H and O–H groups in total. The molecule has 3 aromatic rings. The summed E-state index contributed by atoms with van der Waals surface area (Å²) in [6, 6.07) is 13.2. The third-order valence-corrected chi connectivity index (χ3v) is 7.22. The topological polar surface area (TPSA) is 75.4 Å². The largest absolute Gasteiger partial charge is 0.395 e. The van der Waals surface area contributed by atoms with E-state index in [4.69, 9.17) is 0 Å². The molecule has 35 heavy (non-hydrogen) atoms. The molecule has 1 heterocycles.